The molecule has 0 aromatic heterocycles. The summed E-state index contributed by atoms with van der Waals surface area (Å²) in [6.07, 6.45) is -6.78. The van der Waals surface area contributed by atoms with Gasteiger partial charge in [0.1, 0.15) is 11.5 Å². The van der Waals surface area contributed by atoms with Gasteiger partial charge in [-0.05, 0) is 43.2 Å². The lowest BCUT2D eigenvalue weighted by Gasteiger charge is -2.29. The first kappa shape index (κ1) is 20.4. The van der Waals surface area contributed by atoms with Crippen molar-refractivity contribution in [3.8, 4) is 17.2 Å². The fourth-order valence-corrected chi connectivity index (χ4v) is 3.29. The second-order valence-electron chi connectivity index (χ2n) is 6.16. The number of carbonyl (C=O) groups is 1. The van der Waals surface area contributed by atoms with Gasteiger partial charge in [-0.3, -0.25) is 0 Å². The van der Waals surface area contributed by atoms with Crippen LogP contribution in [0.3, 0.4) is 0 Å². The Morgan fingerprint density at radius 1 is 1.21 bits per heavy atom. The van der Waals surface area contributed by atoms with E-state index >= 15 is 0 Å². The third-order valence-electron chi connectivity index (χ3n) is 4.31. The van der Waals surface area contributed by atoms with Crippen LogP contribution in [0.5, 0.6) is 17.2 Å². The van der Waals surface area contributed by atoms with Crippen LogP contribution in [0.1, 0.15) is 16.7 Å². The molecule has 2 aromatic rings. The van der Waals surface area contributed by atoms with Crippen LogP contribution >= 0.6 is 23.2 Å². The quantitative estimate of drug-likeness (QED) is 0.627. The zero-order chi connectivity index (χ0) is 20.8. The molecule has 0 radical (unpaired) electrons. The number of carboxylic acids is 1. The van der Waals surface area contributed by atoms with Crippen LogP contribution in [0, 0.1) is 13.8 Å². The molecule has 9 heteroatoms. The average Bonchev–Trinajstić information content (AvgIpc) is 2.60. The standard InChI is InChI=1S/C19H13Cl2F3O4/c1-8-4-3-5-14(9(8)2)27-15-10-6-11(18(25)26)17(19(22,23)24)28-16(10)13(21)7-12(15)20/h3-7,17H,1-2H3,(H,25,26). The topological polar surface area (TPSA) is 55.8 Å². The molecule has 0 fully saturated rings. The first-order valence-electron chi connectivity index (χ1n) is 7.95. The molecule has 1 aliphatic heterocycles. The highest BCUT2D eigenvalue weighted by atomic mass is 35.5. The molecule has 28 heavy (non-hydrogen) atoms. The van der Waals surface area contributed by atoms with Crippen LogP contribution in [0.2, 0.25) is 10.0 Å². The van der Waals surface area contributed by atoms with Crippen molar-refractivity contribution >= 4 is 35.2 Å². The Kier molecular flexibility index (Phi) is 5.25. The molecular weight excluding hydrogens is 420 g/mol. The lowest BCUT2D eigenvalue weighted by Crippen LogP contribution is -2.40. The Bertz CT molecular complexity index is 1000. The second-order valence-corrected chi connectivity index (χ2v) is 6.97. The minimum Gasteiger partial charge on any atom is -0.478 e. The Balaban J connectivity index is 2.20. The second kappa shape index (κ2) is 7.22. The van der Waals surface area contributed by atoms with Gasteiger partial charge in [-0.25, -0.2) is 4.79 Å². The molecule has 0 saturated heterocycles. The van der Waals surface area contributed by atoms with Gasteiger partial charge >= 0.3 is 12.1 Å². The van der Waals surface area contributed by atoms with Crippen molar-refractivity contribution in [2.45, 2.75) is 26.1 Å². The molecule has 4 nitrogen and oxygen atoms in total. The maximum Gasteiger partial charge on any atom is 0.430 e. The van der Waals surface area contributed by atoms with Crippen molar-refractivity contribution in [1.29, 1.82) is 0 Å². The number of benzene rings is 2. The maximum absolute atomic E-state index is 13.3. The number of rotatable bonds is 3. The van der Waals surface area contributed by atoms with E-state index in [1.54, 1.807) is 19.1 Å². The summed E-state index contributed by atoms with van der Waals surface area (Å²) < 4.78 is 50.6. The molecule has 148 valence electrons. The van der Waals surface area contributed by atoms with Gasteiger partial charge in [0.05, 0.1) is 21.2 Å². The van der Waals surface area contributed by atoms with E-state index in [9.17, 15) is 23.1 Å². The van der Waals surface area contributed by atoms with E-state index < -0.39 is 23.8 Å². The van der Waals surface area contributed by atoms with Crippen molar-refractivity contribution in [1.82, 2.24) is 0 Å². The van der Waals surface area contributed by atoms with Crippen LogP contribution in [0.15, 0.2) is 29.8 Å². The van der Waals surface area contributed by atoms with Crippen molar-refractivity contribution < 1.29 is 32.5 Å². The van der Waals surface area contributed by atoms with Crippen molar-refractivity contribution in [2.24, 2.45) is 0 Å². The Morgan fingerprint density at radius 3 is 2.50 bits per heavy atom. The predicted molar refractivity (Wildman–Crippen MR) is 98.5 cm³/mol. The van der Waals surface area contributed by atoms with Gasteiger partial charge in [-0.2, -0.15) is 13.2 Å². The summed E-state index contributed by atoms with van der Waals surface area (Å²) in [6, 6.07) is 6.45. The van der Waals surface area contributed by atoms with E-state index in [1.165, 1.54) is 6.07 Å². The van der Waals surface area contributed by atoms with Gasteiger partial charge in [-0.1, -0.05) is 35.3 Å². The monoisotopic (exact) mass is 432 g/mol. The van der Waals surface area contributed by atoms with Crippen molar-refractivity contribution in [3.63, 3.8) is 0 Å². The molecule has 3 rings (SSSR count). The SMILES string of the molecule is Cc1cccc(Oc2c(Cl)cc(Cl)c3c2C=C(C(=O)O)C(C(F)(F)F)O3)c1C. The summed E-state index contributed by atoms with van der Waals surface area (Å²) in [5, 5.41) is 9.05. The fraction of sp³-hybridized carbons (Fsp3) is 0.211. The van der Waals surface area contributed by atoms with Gasteiger partial charge in [0.25, 0.3) is 0 Å². The zero-order valence-corrected chi connectivity index (χ0v) is 16.0. The van der Waals surface area contributed by atoms with E-state index in [2.05, 4.69) is 0 Å². The Hall–Kier alpha value is -2.38. The predicted octanol–water partition coefficient (Wildman–Crippen LogP) is 6.19. The van der Waals surface area contributed by atoms with Crippen LogP contribution in [0.25, 0.3) is 6.08 Å². The smallest absolute Gasteiger partial charge is 0.430 e. The Labute approximate surface area is 168 Å². The number of ether oxygens (including phenoxy) is 2. The van der Waals surface area contributed by atoms with Crippen LogP contribution in [-0.4, -0.2) is 23.4 Å². The highest BCUT2D eigenvalue weighted by molar-refractivity contribution is 6.37. The minimum atomic E-state index is -4.95. The molecule has 1 N–H and O–H groups in total. The van der Waals surface area contributed by atoms with Crippen molar-refractivity contribution in [2.75, 3.05) is 0 Å². The molecule has 0 saturated carbocycles. The maximum atomic E-state index is 13.3. The number of carboxylic acid groups (broad SMARTS) is 1. The van der Waals surface area contributed by atoms with E-state index in [1.807, 2.05) is 13.0 Å². The summed E-state index contributed by atoms with van der Waals surface area (Å²) in [4.78, 5) is 11.4. The number of fused-ring (bicyclic) bond motifs is 1. The minimum absolute atomic E-state index is 0.000274. The number of alkyl halides is 3. The molecule has 1 aliphatic rings. The normalized spacial score (nSPS) is 16.1. The molecule has 0 bridgehead atoms. The molecule has 1 heterocycles. The van der Waals surface area contributed by atoms with Crippen LogP contribution < -0.4 is 9.47 Å². The molecule has 0 spiro atoms. The number of halogens is 5. The zero-order valence-electron chi connectivity index (χ0n) is 14.5. The van der Waals surface area contributed by atoms with Crippen LogP contribution in [0.4, 0.5) is 13.2 Å². The number of hydrogen-bond donors (Lipinski definition) is 1. The third kappa shape index (κ3) is 3.64. The lowest BCUT2D eigenvalue weighted by atomic mass is 10.00. The fourth-order valence-electron chi connectivity index (χ4n) is 2.73. The van der Waals surface area contributed by atoms with Gasteiger partial charge in [0.2, 0.25) is 6.10 Å². The highest BCUT2D eigenvalue weighted by Gasteiger charge is 2.49. The molecule has 2 aromatic carbocycles. The summed E-state index contributed by atoms with van der Waals surface area (Å²) in [5.41, 5.74) is 0.640. The first-order valence-corrected chi connectivity index (χ1v) is 8.70. The van der Waals surface area contributed by atoms with Crippen LogP contribution in [-0.2, 0) is 4.79 Å². The first-order chi connectivity index (χ1) is 13.0. The van der Waals surface area contributed by atoms with Gasteiger partial charge < -0.3 is 14.6 Å². The largest absolute Gasteiger partial charge is 0.478 e. The van der Waals surface area contributed by atoms with E-state index in [4.69, 9.17) is 32.7 Å². The van der Waals surface area contributed by atoms with E-state index in [-0.39, 0.29) is 27.1 Å². The summed E-state index contributed by atoms with van der Waals surface area (Å²) in [6.45, 7) is 3.66. The van der Waals surface area contributed by atoms with E-state index in [0.717, 1.165) is 17.2 Å². The number of aliphatic carboxylic acids is 1. The van der Waals surface area contributed by atoms with Gasteiger partial charge in [-0.15, -0.1) is 0 Å². The molecular formula is C19H13Cl2F3O4. The number of hydrogen-bond acceptors (Lipinski definition) is 3. The average molecular weight is 433 g/mol. The third-order valence-corrected chi connectivity index (χ3v) is 4.87. The number of aryl methyl sites for hydroxylation is 1. The molecule has 1 atom stereocenters. The van der Waals surface area contributed by atoms with Gasteiger partial charge in [0, 0.05) is 0 Å². The molecule has 0 aliphatic carbocycles. The van der Waals surface area contributed by atoms with E-state index in [0.29, 0.717) is 5.75 Å². The Morgan fingerprint density at radius 2 is 1.89 bits per heavy atom. The lowest BCUT2D eigenvalue weighted by molar-refractivity contribution is -0.187. The highest BCUT2D eigenvalue weighted by Crippen LogP contribution is 2.49. The molecule has 1 unspecified atom stereocenters. The summed E-state index contributed by atoms with van der Waals surface area (Å²) in [7, 11) is 0. The van der Waals surface area contributed by atoms with Crippen molar-refractivity contribution in [3.05, 3.63) is 56.6 Å². The summed E-state index contributed by atoms with van der Waals surface area (Å²) >= 11 is 12.2. The van der Waals surface area contributed by atoms with Gasteiger partial charge in [0.15, 0.2) is 5.75 Å². The summed E-state index contributed by atoms with van der Waals surface area (Å²) in [5.74, 6) is -1.76. The molecule has 0 amide bonds.